The van der Waals surface area contributed by atoms with Crippen LogP contribution < -0.4 is 0 Å². The van der Waals surface area contributed by atoms with E-state index in [1.165, 1.54) is 6.92 Å². The molecule has 5 nitrogen and oxygen atoms in total. The maximum Gasteiger partial charge on any atom is 0.310 e. The van der Waals surface area contributed by atoms with E-state index in [-0.39, 0.29) is 28.3 Å². The lowest BCUT2D eigenvalue weighted by Gasteiger charge is -1.86. The van der Waals surface area contributed by atoms with E-state index in [1.807, 2.05) is 0 Å². The second-order valence-electron chi connectivity index (χ2n) is 2.37. The number of alkyl halides is 1. The molecule has 0 spiro atoms. The first-order valence-corrected chi connectivity index (χ1v) is 4.52. The van der Waals surface area contributed by atoms with Crippen LogP contribution in [0.4, 0.5) is 5.69 Å². The molecule has 0 radical (unpaired) electrons. The summed E-state index contributed by atoms with van der Waals surface area (Å²) >= 11 is 2.94. The molecule has 1 rings (SSSR count). The minimum atomic E-state index is -0.580. The van der Waals surface area contributed by atoms with Gasteiger partial charge in [-0.1, -0.05) is 15.9 Å². The Balaban J connectivity index is 3.09. The van der Waals surface area contributed by atoms with Gasteiger partial charge in [0.1, 0.15) is 0 Å². The highest BCUT2D eigenvalue weighted by atomic mass is 79.9. The average Bonchev–Trinajstić information content (AvgIpc) is 2.46. The molecule has 0 saturated heterocycles. The molecule has 70 valence electrons. The molecule has 0 aliphatic carbocycles. The van der Waals surface area contributed by atoms with E-state index >= 15 is 0 Å². The fraction of sp³-hybridized carbons (Fsp3) is 0.286. The first-order valence-electron chi connectivity index (χ1n) is 3.40. The van der Waals surface area contributed by atoms with E-state index in [9.17, 15) is 14.9 Å². The van der Waals surface area contributed by atoms with Crippen molar-refractivity contribution in [3.05, 3.63) is 27.7 Å². The van der Waals surface area contributed by atoms with Crippen LogP contribution in [0.1, 0.15) is 16.3 Å². The molecule has 0 aliphatic heterocycles. The Labute approximate surface area is 82.0 Å². The zero-order valence-corrected chi connectivity index (χ0v) is 8.33. The number of furan rings is 1. The Morgan fingerprint density at radius 2 is 2.38 bits per heavy atom. The van der Waals surface area contributed by atoms with Crippen molar-refractivity contribution >= 4 is 27.4 Å². The van der Waals surface area contributed by atoms with Crippen LogP contribution >= 0.6 is 15.9 Å². The second-order valence-corrected chi connectivity index (χ2v) is 2.93. The SMILES string of the molecule is Cc1oc(C(=O)CBr)cc1[N+](=O)[O-]. The lowest BCUT2D eigenvalue weighted by atomic mass is 10.3. The Kier molecular flexibility index (Phi) is 2.82. The molecule has 1 heterocycles. The Bertz CT molecular complexity index is 357. The maximum atomic E-state index is 11.0. The van der Waals surface area contributed by atoms with Crippen molar-refractivity contribution in [2.24, 2.45) is 0 Å². The highest BCUT2D eigenvalue weighted by Gasteiger charge is 2.20. The van der Waals surface area contributed by atoms with Gasteiger partial charge in [-0.15, -0.1) is 0 Å². The summed E-state index contributed by atoms with van der Waals surface area (Å²) < 4.78 is 4.91. The zero-order chi connectivity index (χ0) is 10.0. The number of aryl methyl sites for hydroxylation is 1. The molecule has 0 bridgehead atoms. The lowest BCUT2D eigenvalue weighted by Crippen LogP contribution is -1.96. The van der Waals surface area contributed by atoms with Gasteiger partial charge in [-0.05, 0) is 0 Å². The zero-order valence-electron chi connectivity index (χ0n) is 6.74. The Hall–Kier alpha value is -1.17. The third-order valence-corrected chi connectivity index (χ3v) is 1.99. The van der Waals surface area contributed by atoms with Crippen molar-refractivity contribution in [1.82, 2.24) is 0 Å². The molecule has 0 unspecified atom stereocenters. The fourth-order valence-electron chi connectivity index (χ4n) is 0.857. The van der Waals surface area contributed by atoms with Crippen molar-refractivity contribution in [1.29, 1.82) is 0 Å². The summed E-state index contributed by atoms with van der Waals surface area (Å²) in [6.45, 7) is 1.45. The molecule has 0 saturated carbocycles. The third-order valence-electron chi connectivity index (χ3n) is 1.48. The van der Waals surface area contributed by atoms with Gasteiger partial charge in [0.25, 0.3) is 0 Å². The molecule has 0 N–H and O–H groups in total. The van der Waals surface area contributed by atoms with Crippen LogP contribution in [-0.2, 0) is 0 Å². The van der Waals surface area contributed by atoms with Gasteiger partial charge in [-0.25, -0.2) is 0 Å². The van der Waals surface area contributed by atoms with Crippen molar-refractivity contribution in [3.63, 3.8) is 0 Å². The van der Waals surface area contributed by atoms with Gasteiger partial charge in [-0.3, -0.25) is 14.9 Å². The normalized spacial score (nSPS) is 10.0. The van der Waals surface area contributed by atoms with Gasteiger partial charge in [0.2, 0.25) is 5.78 Å². The van der Waals surface area contributed by atoms with Crippen LogP contribution in [0.15, 0.2) is 10.5 Å². The van der Waals surface area contributed by atoms with Crippen molar-refractivity contribution in [2.75, 3.05) is 5.33 Å². The predicted octanol–water partition coefficient (Wildman–Crippen LogP) is 2.07. The summed E-state index contributed by atoms with van der Waals surface area (Å²) in [6.07, 6.45) is 0. The second kappa shape index (κ2) is 3.69. The number of Topliss-reactive ketones (excluding diaryl/α,β-unsaturated/α-hetero) is 1. The molecule has 1 aromatic rings. The van der Waals surface area contributed by atoms with Gasteiger partial charge in [-0.2, -0.15) is 0 Å². The van der Waals surface area contributed by atoms with Crippen LogP contribution in [-0.4, -0.2) is 16.0 Å². The third kappa shape index (κ3) is 1.95. The predicted molar refractivity (Wildman–Crippen MR) is 48.2 cm³/mol. The summed E-state index contributed by atoms with van der Waals surface area (Å²) in [5, 5.41) is 10.5. The summed E-state index contributed by atoms with van der Waals surface area (Å²) in [7, 11) is 0. The quantitative estimate of drug-likeness (QED) is 0.355. The van der Waals surface area contributed by atoms with Crippen molar-refractivity contribution in [3.8, 4) is 0 Å². The molecule has 0 amide bonds. The van der Waals surface area contributed by atoms with Gasteiger partial charge in [0, 0.05) is 6.92 Å². The van der Waals surface area contributed by atoms with Gasteiger partial charge in [0.15, 0.2) is 11.5 Å². The summed E-state index contributed by atoms with van der Waals surface area (Å²) in [5.41, 5.74) is -0.163. The molecule has 0 aromatic carbocycles. The number of halogens is 1. The highest BCUT2D eigenvalue weighted by molar-refractivity contribution is 9.09. The van der Waals surface area contributed by atoms with Crippen LogP contribution in [0.5, 0.6) is 0 Å². The van der Waals surface area contributed by atoms with Crippen molar-refractivity contribution < 1.29 is 14.1 Å². The number of hydrogen-bond acceptors (Lipinski definition) is 4. The number of ketones is 1. The molecule has 6 heteroatoms. The number of carbonyl (C=O) groups is 1. The average molecular weight is 248 g/mol. The minimum Gasteiger partial charge on any atom is -0.451 e. The molecule has 0 atom stereocenters. The first-order chi connectivity index (χ1) is 6.06. The van der Waals surface area contributed by atoms with Crippen LogP contribution in [0.25, 0.3) is 0 Å². The van der Waals surface area contributed by atoms with Gasteiger partial charge >= 0.3 is 5.69 Å². The van der Waals surface area contributed by atoms with E-state index in [1.54, 1.807) is 0 Å². The number of nitrogens with zero attached hydrogens (tertiary/aromatic N) is 1. The molecule has 1 aromatic heterocycles. The number of hydrogen-bond donors (Lipinski definition) is 0. The number of nitro groups is 1. The summed E-state index contributed by atoms with van der Waals surface area (Å²) in [4.78, 5) is 20.8. The van der Waals surface area contributed by atoms with Crippen LogP contribution in [0, 0.1) is 17.0 Å². The minimum absolute atomic E-state index is 0.0149. The van der Waals surface area contributed by atoms with Gasteiger partial charge in [0.05, 0.1) is 16.3 Å². The van der Waals surface area contributed by atoms with Crippen LogP contribution in [0.2, 0.25) is 0 Å². The van der Waals surface area contributed by atoms with E-state index in [2.05, 4.69) is 15.9 Å². The first kappa shape index (κ1) is 9.91. The van der Waals surface area contributed by atoms with E-state index in [0.29, 0.717) is 0 Å². The molecule has 0 fully saturated rings. The van der Waals surface area contributed by atoms with E-state index in [0.717, 1.165) is 6.07 Å². The lowest BCUT2D eigenvalue weighted by molar-refractivity contribution is -0.385. The number of rotatable bonds is 3. The van der Waals surface area contributed by atoms with E-state index in [4.69, 9.17) is 4.42 Å². The van der Waals surface area contributed by atoms with Crippen LogP contribution in [0.3, 0.4) is 0 Å². The number of carbonyl (C=O) groups excluding carboxylic acids is 1. The van der Waals surface area contributed by atoms with Crippen molar-refractivity contribution in [2.45, 2.75) is 6.92 Å². The fourth-order valence-corrected chi connectivity index (χ4v) is 1.13. The highest BCUT2D eigenvalue weighted by Crippen LogP contribution is 2.22. The summed E-state index contributed by atoms with van der Waals surface area (Å²) in [6, 6.07) is 1.14. The molecule has 13 heavy (non-hydrogen) atoms. The van der Waals surface area contributed by atoms with E-state index < -0.39 is 4.92 Å². The largest absolute Gasteiger partial charge is 0.451 e. The Morgan fingerprint density at radius 1 is 1.77 bits per heavy atom. The molecular weight excluding hydrogens is 242 g/mol. The topological polar surface area (TPSA) is 73.3 Å². The molecule has 0 aliphatic rings. The summed E-state index contributed by atoms with van der Waals surface area (Å²) in [5.74, 6) is -0.147. The molecular formula is C7H6BrNO4. The Morgan fingerprint density at radius 3 is 2.77 bits per heavy atom. The maximum absolute atomic E-state index is 11.0. The smallest absolute Gasteiger partial charge is 0.310 e. The van der Waals surface area contributed by atoms with Gasteiger partial charge < -0.3 is 4.42 Å². The standard InChI is InChI=1S/C7H6BrNO4/c1-4-5(9(11)12)2-7(13-4)6(10)3-8/h2H,3H2,1H3. The monoisotopic (exact) mass is 247 g/mol.